The van der Waals surface area contributed by atoms with Crippen molar-refractivity contribution in [1.29, 1.82) is 10.5 Å². The van der Waals surface area contributed by atoms with Crippen molar-refractivity contribution in [3.8, 4) is 34.7 Å². The van der Waals surface area contributed by atoms with Gasteiger partial charge in [0.05, 0.1) is 22.5 Å². The highest BCUT2D eigenvalue weighted by Gasteiger charge is 2.11. The Morgan fingerprint density at radius 1 is 0.605 bits per heavy atom. The van der Waals surface area contributed by atoms with E-state index in [4.69, 9.17) is 0 Å². The van der Waals surface area contributed by atoms with Crippen LogP contribution in [0.25, 0.3) is 45.8 Å². The van der Waals surface area contributed by atoms with Crippen LogP contribution < -0.4 is 0 Å². The highest BCUT2D eigenvalue weighted by molar-refractivity contribution is 7.11. The molecule has 3 aromatic carbocycles. The van der Waals surface area contributed by atoms with E-state index in [-0.39, 0.29) is 11.6 Å². The lowest BCUT2D eigenvalue weighted by molar-refractivity contribution is 0.627. The summed E-state index contributed by atoms with van der Waals surface area (Å²) in [5.74, 6) is -0.633. The topological polar surface area (TPSA) is 73.4 Å². The average Bonchev–Trinajstić information content (AvgIpc) is 3.63. The maximum Gasteiger partial charge on any atom is 0.134 e. The van der Waals surface area contributed by atoms with Crippen LogP contribution in [-0.4, -0.2) is 9.97 Å². The number of hydrogen-bond acceptors (Lipinski definition) is 6. The fourth-order valence-electron chi connectivity index (χ4n) is 3.61. The van der Waals surface area contributed by atoms with Gasteiger partial charge >= 0.3 is 0 Å². The first kappa shape index (κ1) is 24.9. The SMILES string of the molecule is N#CC(=Cc1ccc(C=C(C#N)c2nc(-c3ccc(F)cc3)cs2)cc1)c1nc(-c2ccc(F)cc2)cs1. The molecule has 0 amide bonds. The summed E-state index contributed by atoms with van der Waals surface area (Å²) in [6, 6.07) is 24.0. The number of benzene rings is 3. The van der Waals surface area contributed by atoms with Crippen LogP contribution in [0.15, 0.2) is 83.6 Å². The summed E-state index contributed by atoms with van der Waals surface area (Å²) in [7, 11) is 0. The third-order valence-corrected chi connectivity index (χ3v) is 7.30. The van der Waals surface area contributed by atoms with Crippen molar-refractivity contribution in [2.45, 2.75) is 0 Å². The van der Waals surface area contributed by atoms with Gasteiger partial charge in [-0.25, -0.2) is 18.7 Å². The molecule has 0 atom stereocenters. The summed E-state index contributed by atoms with van der Waals surface area (Å²) in [5.41, 5.74) is 5.37. The van der Waals surface area contributed by atoms with Crippen molar-refractivity contribution in [3.05, 3.63) is 116 Å². The maximum atomic E-state index is 13.2. The highest BCUT2D eigenvalue weighted by atomic mass is 32.1. The predicted octanol–water partition coefficient (Wildman–Crippen LogP) is 8.34. The molecule has 0 aliphatic rings. The molecule has 5 rings (SSSR count). The Morgan fingerprint density at radius 3 is 1.32 bits per heavy atom. The molecule has 0 aliphatic carbocycles. The van der Waals surface area contributed by atoms with E-state index < -0.39 is 0 Å². The van der Waals surface area contributed by atoms with Gasteiger partial charge < -0.3 is 0 Å². The van der Waals surface area contributed by atoms with Crippen molar-refractivity contribution in [1.82, 2.24) is 9.97 Å². The summed E-state index contributed by atoms with van der Waals surface area (Å²) in [4.78, 5) is 9.09. The third-order valence-electron chi connectivity index (χ3n) is 5.55. The molecule has 182 valence electrons. The zero-order chi connectivity index (χ0) is 26.5. The molecule has 0 bridgehead atoms. The minimum atomic E-state index is -0.316. The second-order valence-electron chi connectivity index (χ2n) is 8.10. The molecule has 8 heteroatoms. The van der Waals surface area contributed by atoms with Crippen LogP contribution in [0.1, 0.15) is 21.1 Å². The Labute approximate surface area is 225 Å². The minimum Gasteiger partial charge on any atom is -0.235 e. The summed E-state index contributed by atoms with van der Waals surface area (Å²) in [6.45, 7) is 0. The maximum absolute atomic E-state index is 13.2. The standard InChI is InChI=1S/C30H16F2N4S2/c31-25-9-5-21(6-10-25)27-17-37-29(35-27)23(15-33)13-19-1-2-20(4-3-19)14-24(16-34)30-36-28(18-38-30)22-7-11-26(32)12-8-22/h1-14,17-18H. The van der Waals surface area contributed by atoms with Crippen molar-refractivity contribution in [3.63, 3.8) is 0 Å². The van der Waals surface area contributed by atoms with E-state index in [0.717, 1.165) is 22.3 Å². The normalized spacial score (nSPS) is 11.7. The van der Waals surface area contributed by atoms with Crippen molar-refractivity contribution in [2.75, 3.05) is 0 Å². The van der Waals surface area contributed by atoms with Gasteiger partial charge in [0.1, 0.15) is 33.8 Å². The molecule has 0 saturated heterocycles. The Morgan fingerprint density at radius 2 is 0.974 bits per heavy atom. The molecule has 0 spiro atoms. The van der Waals surface area contributed by atoms with E-state index in [9.17, 15) is 19.3 Å². The van der Waals surface area contributed by atoms with Gasteiger partial charge in [0.2, 0.25) is 0 Å². The molecule has 2 aromatic heterocycles. The molecule has 0 fully saturated rings. The van der Waals surface area contributed by atoms with Crippen molar-refractivity contribution < 1.29 is 8.78 Å². The summed E-state index contributed by atoms with van der Waals surface area (Å²) in [5, 5.41) is 24.3. The summed E-state index contributed by atoms with van der Waals surface area (Å²) < 4.78 is 26.4. The lowest BCUT2D eigenvalue weighted by Gasteiger charge is -2.00. The average molecular weight is 535 g/mol. The molecule has 38 heavy (non-hydrogen) atoms. The largest absolute Gasteiger partial charge is 0.235 e. The molecule has 5 aromatic rings. The Balaban J connectivity index is 1.35. The fraction of sp³-hybridized carbons (Fsp3) is 0. The molecular weight excluding hydrogens is 518 g/mol. The first-order valence-electron chi connectivity index (χ1n) is 11.3. The lowest BCUT2D eigenvalue weighted by Crippen LogP contribution is -1.85. The molecule has 4 nitrogen and oxygen atoms in total. The number of rotatable bonds is 6. The van der Waals surface area contributed by atoms with Gasteiger partial charge in [-0.3, -0.25) is 0 Å². The van der Waals surface area contributed by atoms with Crippen LogP contribution in [0, 0.1) is 34.3 Å². The van der Waals surface area contributed by atoms with Crippen LogP contribution in [-0.2, 0) is 0 Å². The smallest absolute Gasteiger partial charge is 0.134 e. The first-order valence-corrected chi connectivity index (χ1v) is 13.1. The van der Waals surface area contributed by atoms with Gasteiger partial charge in [-0.1, -0.05) is 24.3 Å². The number of thiazole rings is 2. The number of halogens is 2. The van der Waals surface area contributed by atoms with Crippen LogP contribution in [0.4, 0.5) is 8.78 Å². The molecule has 0 unspecified atom stereocenters. The van der Waals surface area contributed by atoms with Gasteiger partial charge in [-0.2, -0.15) is 10.5 Å². The van der Waals surface area contributed by atoms with E-state index >= 15 is 0 Å². The Hall–Kier alpha value is -4.76. The lowest BCUT2D eigenvalue weighted by atomic mass is 10.1. The first-order chi connectivity index (χ1) is 18.5. The van der Waals surface area contributed by atoms with Crippen molar-refractivity contribution in [2.24, 2.45) is 0 Å². The summed E-state index contributed by atoms with van der Waals surface area (Å²) >= 11 is 2.70. The van der Waals surface area contributed by atoms with E-state index in [2.05, 4.69) is 22.1 Å². The third kappa shape index (κ3) is 5.63. The molecule has 0 saturated carbocycles. The van der Waals surface area contributed by atoms with E-state index in [0.29, 0.717) is 32.5 Å². The van der Waals surface area contributed by atoms with Gasteiger partial charge in [0, 0.05) is 21.9 Å². The zero-order valence-electron chi connectivity index (χ0n) is 19.6. The van der Waals surface area contributed by atoms with Gasteiger partial charge in [0.25, 0.3) is 0 Å². The quantitative estimate of drug-likeness (QED) is 0.205. The number of nitrogens with zero attached hydrogens (tertiary/aromatic N) is 4. The number of allylic oxidation sites excluding steroid dienone is 2. The Kier molecular flexibility index (Phi) is 7.28. The van der Waals surface area contributed by atoms with Crippen LogP contribution in [0.3, 0.4) is 0 Å². The summed E-state index contributed by atoms with van der Waals surface area (Å²) in [6.07, 6.45) is 3.50. The predicted molar refractivity (Wildman–Crippen MR) is 148 cm³/mol. The number of aromatic nitrogens is 2. The second-order valence-corrected chi connectivity index (χ2v) is 9.81. The molecular formula is C30H16F2N4S2. The van der Waals surface area contributed by atoms with E-state index in [1.807, 2.05) is 35.0 Å². The van der Waals surface area contributed by atoms with E-state index in [1.165, 1.54) is 46.9 Å². The van der Waals surface area contributed by atoms with Gasteiger partial charge in [-0.05, 0) is 71.8 Å². The van der Waals surface area contributed by atoms with Crippen LogP contribution >= 0.6 is 22.7 Å². The van der Waals surface area contributed by atoms with Gasteiger partial charge in [0.15, 0.2) is 0 Å². The zero-order valence-corrected chi connectivity index (χ0v) is 21.2. The molecule has 2 heterocycles. The van der Waals surface area contributed by atoms with Crippen LogP contribution in [0.2, 0.25) is 0 Å². The van der Waals surface area contributed by atoms with E-state index in [1.54, 1.807) is 36.4 Å². The molecule has 0 aliphatic heterocycles. The highest BCUT2D eigenvalue weighted by Crippen LogP contribution is 2.29. The number of hydrogen-bond donors (Lipinski definition) is 0. The second kappa shape index (κ2) is 11.1. The Bertz CT molecular complexity index is 1600. The monoisotopic (exact) mass is 534 g/mol. The van der Waals surface area contributed by atoms with Gasteiger partial charge in [-0.15, -0.1) is 22.7 Å². The van der Waals surface area contributed by atoms with Crippen LogP contribution in [0.5, 0.6) is 0 Å². The van der Waals surface area contributed by atoms with Crippen molar-refractivity contribution >= 4 is 46.0 Å². The number of nitriles is 2. The minimum absolute atomic E-state index is 0.316. The molecule has 0 N–H and O–H groups in total. The molecule has 0 radical (unpaired) electrons. The fourth-order valence-corrected chi connectivity index (χ4v) is 5.20.